The van der Waals surface area contributed by atoms with E-state index in [1.165, 1.54) is 27.6 Å². The molecule has 0 amide bonds. The third-order valence-corrected chi connectivity index (χ3v) is 11.7. The van der Waals surface area contributed by atoms with Gasteiger partial charge < -0.3 is 9.80 Å². The summed E-state index contributed by atoms with van der Waals surface area (Å²) < 4.78 is 0. The lowest BCUT2D eigenvalue weighted by Gasteiger charge is -2.31. The number of hydrogen-bond acceptors (Lipinski definition) is 3. The zero-order chi connectivity index (χ0) is 38.7. The number of hydrogen-bond donors (Lipinski definition) is 0. The Kier molecular flexibility index (Phi) is 7.89. The molecule has 0 saturated heterocycles. The summed E-state index contributed by atoms with van der Waals surface area (Å²) in [6.45, 7) is 12.6. The third-order valence-electron chi connectivity index (χ3n) is 11.7. The minimum absolute atomic E-state index is 0.354. The molecule has 0 fully saturated rings. The summed E-state index contributed by atoms with van der Waals surface area (Å²) in [5.41, 5.74) is 12.3. The number of fused-ring (bicyclic) bond motifs is 7. The van der Waals surface area contributed by atoms with Crippen LogP contribution in [0.15, 0.2) is 182 Å². The van der Waals surface area contributed by atoms with Gasteiger partial charge in [0.2, 0.25) is 0 Å². The summed E-state index contributed by atoms with van der Waals surface area (Å²) in [5, 5.41) is 16.3. The van der Waals surface area contributed by atoms with Gasteiger partial charge in [0.15, 0.2) is 5.69 Å². The number of nitriles is 1. The van der Waals surface area contributed by atoms with Crippen molar-refractivity contribution in [3.63, 3.8) is 0 Å². The normalized spacial score (nSPS) is 12.5. The smallest absolute Gasteiger partial charge is 0.195 e. The molecular formula is C53H36N4. The fourth-order valence-electron chi connectivity index (χ4n) is 9.00. The number of nitrogens with zero attached hydrogens (tertiary/aromatic N) is 4. The first-order chi connectivity index (χ1) is 28.0. The van der Waals surface area contributed by atoms with Crippen LogP contribution in [0.2, 0.25) is 0 Å². The van der Waals surface area contributed by atoms with Gasteiger partial charge in [0.05, 0.1) is 35.3 Å². The Balaban J connectivity index is 1.20. The second-order valence-corrected chi connectivity index (χ2v) is 15.1. The van der Waals surface area contributed by atoms with Gasteiger partial charge in [-0.1, -0.05) is 135 Å². The summed E-state index contributed by atoms with van der Waals surface area (Å²) in [4.78, 5) is 8.57. The third kappa shape index (κ3) is 5.27. The second kappa shape index (κ2) is 13.3. The zero-order valence-corrected chi connectivity index (χ0v) is 31.6. The van der Waals surface area contributed by atoms with Crippen molar-refractivity contribution in [2.75, 3.05) is 9.80 Å². The van der Waals surface area contributed by atoms with E-state index in [4.69, 9.17) is 6.57 Å². The van der Waals surface area contributed by atoms with Gasteiger partial charge in [0.1, 0.15) is 0 Å². The monoisotopic (exact) mass is 728 g/mol. The molecule has 0 spiro atoms. The molecule has 9 aromatic carbocycles. The molecular weight excluding hydrogens is 693 g/mol. The summed E-state index contributed by atoms with van der Waals surface area (Å²) in [6, 6.07) is 66.0. The minimum Gasteiger partial charge on any atom is -0.310 e. The van der Waals surface area contributed by atoms with Crippen LogP contribution in [0.1, 0.15) is 30.5 Å². The zero-order valence-electron chi connectivity index (χ0n) is 31.6. The quantitative estimate of drug-likeness (QED) is 0.160. The highest BCUT2D eigenvalue weighted by Crippen LogP contribution is 2.56. The molecule has 0 aromatic heterocycles. The molecule has 268 valence electrons. The van der Waals surface area contributed by atoms with Crippen molar-refractivity contribution < 1.29 is 0 Å². The maximum Gasteiger partial charge on any atom is 0.195 e. The summed E-state index contributed by atoms with van der Waals surface area (Å²) >= 11 is 0. The minimum atomic E-state index is -0.354. The van der Waals surface area contributed by atoms with Crippen molar-refractivity contribution >= 4 is 72.1 Å². The Morgan fingerprint density at radius 2 is 1.00 bits per heavy atom. The average Bonchev–Trinajstić information content (AvgIpc) is 3.49. The lowest BCUT2D eigenvalue weighted by Crippen LogP contribution is -2.18. The molecule has 57 heavy (non-hydrogen) atoms. The number of rotatable bonds is 6. The molecule has 0 bridgehead atoms. The number of benzene rings is 9. The summed E-state index contributed by atoms with van der Waals surface area (Å²) in [7, 11) is 0. The standard InChI is InChI=1S/C53H36N4/c1-53(2)46-32-38(56(36-16-6-4-7-17-36)49-30-26-35(34-54)39-20-10-12-22-41(39)49)27-28-45(46)52-44-25-15-14-24-43(44)51(33-47(52)53)57(37-18-8-5-9-19-37)50-31-29-48(55-3)40-21-11-13-23-42(40)50/h4-33H,1-2H3. The number of para-hydroxylation sites is 2. The Morgan fingerprint density at radius 1 is 0.474 bits per heavy atom. The molecule has 1 aliphatic rings. The molecule has 0 saturated carbocycles. The first-order valence-corrected chi connectivity index (χ1v) is 19.2. The van der Waals surface area contributed by atoms with Crippen LogP contribution in [0.5, 0.6) is 0 Å². The van der Waals surface area contributed by atoms with Gasteiger partial charge in [0, 0.05) is 38.6 Å². The first kappa shape index (κ1) is 33.9. The van der Waals surface area contributed by atoms with E-state index < -0.39 is 0 Å². The van der Waals surface area contributed by atoms with Crippen molar-refractivity contribution in [2.24, 2.45) is 0 Å². The average molecular weight is 729 g/mol. The Bertz CT molecular complexity index is 3130. The van der Waals surface area contributed by atoms with Crippen molar-refractivity contribution in [1.29, 1.82) is 5.26 Å². The van der Waals surface area contributed by atoms with Gasteiger partial charge in [-0.3, -0.25) is 0 Å². The molecule has 4 heteroatoms. The van der Waals surface area contributed by atoms with E-state index in [9.17, 15) is 5.26 Å². The summed E-state index contributed by atoms with van der Waals surface area (Å²) in [5.74, 6) is 0. The highest BCUT2D eigenvalue weighted by Gasteiger charge is 2.39. The molecule has 1 aliphatic carbocycles. The SMILES string of the molecule is [C-]#[N+]c1ccc(N(c2ccccc2)c2cc3c(c4ccccc24)-c2ccc(N(c4ccccc4)c4ccc(C#N)c5ccccc45)cc2C3(C)C)c2ccccc12. The molecule has 0 N–H and O–H groups in total. The van der Waals surface area contributed by atoms with E-state index >= 15 is 0 Å². The molecule has 0 unspecified atom stereocenters. The van der Waals surface area contributed by atoms with Crippen LogP contribution in [0.25, 0.3) is 48.3 Å². The van der Waals surface area contributed by atoms with Gasteiger partial charge >= 0.3 is 0 Å². The Labute approximate surface area is 332 Å². The highest BCUT2D eigenvalue weighted by atomic mass is 15.2. The van der Waals surface area contributed by atoms with Crippen LogP contribution < -0.4 is 9.80 Å². The predicted octanol–water partition coefficient (Wildman–Crippen LogP) is 14.8. The lowest BCUT2D eigenvalue weighted by atomic mass is 9.81. The van der Waals surface area contributed by atoms with Crippen molar-refractivity contribution in [2.45, 2.75) is 19.3 Å². The van der Waals surface area contributed by atoms with E-state index in [0.29, 0.717) is 11.3 Å². The van der Waals surface area contributed by atoms with Gasteiger partial charge in [-0.2, -0.15) is 5.26 Å². The van der Waals surface area contributed by atoms with Gasteiger partial charge in [-0.25, -0.2) is 4.85 Å². The van der Waals surface area contributed by atoms with E-state index in [1.54, 1.807) is 0 Å². The Hall–Kier alpha value is -7.66. The van der Waals surface area contributed by atoms with Crippen molar-refractivity contribution in [3.8, 4) is 17.2 Å². The van der Waals surface area contributed by atoms with Crippen molar-refractivity contribution in [3.05, 3.63) is 210 Å². The van der Waals surface area contributed by atoms with Gasteiger partial charge in [0.25, 0.3) is 0 Å². The van der Waals surface area contributed by atoms with E-state index in [0.717, 1.165) is 61.1 Å². The van der Waals surface area contributed by atoms with Crippen LogP contribution in [0.4, 0.5) is 39.8 Å². The van der Waals surface area contributed by atoms with E-state index in [-0.39, 0.29) is 5.41 Å². The molecule has 0 aliphatic heterocycles. The topological polar surface area (TPSA) is 34.6 Å². The fourth-order valence-corrected chi connectivity index (χ4v) is 9.00. The van der Waals surface area contributed by atoms with Gasteiger partial charge in [-0.15, -0.1) is 0 Å². The lowest BCUT2D eigenvalue weighted by molar-refractivity contribution is 0.661. The van der Waals surface area contributed by atoms with Crippen LogP contribution in [0.3, 0.4) is 0 Å². The highest BCUT2D eigenvalue weighted by molar-refractivity contribution is 6.13. The molecule has 0 atom stereocenters. The van der Waals surface area contributed by atoms with Crippen LogP contribution >= 0.6 is 0 Å². The number of anilines is 6. The maximum absolute atomic E-state index is 10.00. The molecule has 10 rings (SSSR count). The second-order valence-electron chi connectivity index (χ2n) is 15.1. The van der Waals surface area contributed by atoms with Crippen molar-refractivity contribution in [1.82, 2.24) is 0 Å². The van der Waals surface area contributed by atoms with E-state index in [2.05, 4.69) is 168 Å². The molecule has 0 radical (unpaired) electrons. The summed E-state index contributed by atoms with van der Waals surface area (Å²) in [6.07, 6.45) is 0. The van der Waals surface area contributed by atoms with Crippen LogP contribution in [-0.4, -0.2) is 0 Å². The maximum atomic E-state index is 10.00. The first-order valence-electron chi connectivity index (χ1n) is 19.2. The predicted molar refractivity (Wildman–Crippen MR) is 237 cm³/mol. The Morgan fingerprint density at radius 3 is 1.65 bits per heavy atom. The van der Waals surface area contributed by atoms with E-state index in [1.807, 2.05) is 48.5 Å². The van der Waals surface area contributed by atoms with Gasteiger partial charge in [-0.05, 0) is 99.1 Å². The molecule has 0 heterocycles. The van der Waals surface area contributed by atoms with Crippen LogP contribution in [0, 0.1) is 17.9 Å². The molecule has 9 aromatic rings. The van der Waals surface area contributed by atoms with Crippen LogP contribution in [-0.2, 0) is 5.41 Å². The largest absolute Gasteiger partial charge is 0.310 e. The fraction of sp³-hybridized carbons (Fsp3) is 0.0566. The molecule has 4 nitrogen and oxygen atoms in total.